The van der Waals surface area contributed by atoms with Crippen molar-refractivity contribution in [2.75, 3.05) is 33.2 Å². The summed E-state index contributed by atoms with van der Waals surface area (Å²) in [6, 6.07) is 5.50. The van der Waals surface area contributed by atoms with E-state index in [1.807, 2.05) is 12.3 Å². The minimum absolute atomic E-state index is 0.519. The fourth-order valence-corrected chi connectivity index (χ4v) is 2.72. The number of piperazine rings is 1. The van der Waals surface area contributed by atoms with Gasteiger partial charge in [-0.1, -0.05) is 0 Å². The Morgan fingerprint density at radius 1 is 0.909 bits per heavy atom. The normalized spacial score (nSPS) is 16.9. The van der Waals surface area contributed by atoms with Gasteiger partial charge in [0.25, 0.3) is 0 Å². The zero-order chi connectivity index (χ0) is 15.5. The molecule has 3 nitrogen and oxygen atoms in total. The molecule has 1 fully saturated rings. The number of benzene rings is 1. The first kappa shape index (κ1) is 15.1. The molecule has 0 N–H and O–H groups in total. The summed E-state index contributed by atoms with van der Waals surface area (Å²) >= 11 is 0. The van der Waals surface area contributed by atoms with Crippen LogP contribution in [0.15, 0.2) is 36.7 Å². The highest BCUT2D eigenvalue weighted by atomic mass is 19.1. The number of aromatic nitrogens is 1. The summed E-state index contributed by atoms with van der Waals surface area (Å²) in [5.74, 6) is -1.14. The van der Waals surface area contributed by atoms with Crippen LogP contribution in [0.2, 0.25) is 0 Å². The second-order valence-electron chi connectivity index (χ2n) is 5.82. The predicted molar refractivity (Wildman–Crippen MR) is 82.4 cm³/mol. The predicted octanol–water partition coefficient (Wildman–Crippen LogP) is 2.77. The largest absolute Gasteiger partial charge is 0.304 e. The molecule has 1 aromatic heterocycles. The molecule has 116 valence electrons. The number of halogens is 2. The minimum atomic E-state index is -0.570. The number of hydrogen-bond donors (Lipinski definition) is 0. The Morgan fingerprint density at radius 3 is 2.27 bits per heavy atom. The van der Waals surface area contributed by atoms with Crippen molar-refractivity contribution in [1.82, 2.24) is 14.8 Å². The third-order valence-corrected chi connectivity index (χ3v) is 3.99. The van der Waals surface area contributed by atoms with Gasteiger partial charge in [-0.25, -0.2) is 8.78 Å². The summed E-state index contributed by atoms with van der Waals surface area (Å²) in [5, 5.41) is 0. The number of nitrogens with zero attached hydrogens (tertiary/aromatic N) is 3. The topological polar surface area (TPSA) is 19.4 Å². The van der Waals surface area contributed by atoms with Crippen LogP contribution >= 0.6 is 0 Å². The molecule has 3 rings (SSSR count). The van der Waals surface area contributed by atoms with Crippen LogP contribution in [0.5, 0.6) is 0 Å². The molecule has 0 bridgehead atoms. The zero-order valence-electron chi connectivity index (χ0n) is 12.6. The Kier molecular flexibility index (Phi) is 4.45. The molecule has 2 heterocycles. The van der Waals surface area contributed by atoms with Gasteiger partial charge in [0.1, 0.15) is 11.6 Å². The number of rotatable bonds is 3. The smallest absolute Gasteiger partial charge is 0.126 e. The fraction of sp³-hybridized carbons (Fsp3) is 0.353. The maximum atomic E-state index is 13.4. The Balaban J connectivity index is 1.77. The summed E-state index contributed by atoms with van der Waals surface area (Å²) in [6.45, 7) is 4.97. The second-order valence-corrected chi connectivity index (χ2v) is 5.82. The lowest BCUT2D eigenvalue weighted by molar-refractivity contribution is 0.148. The van der Waals surface area contributed by atoms with Crippen LogP contribution in [0.4, 0.5) is 8.78 Å². The summed E-state index contributed by atoms with van der Waals surface area (Å²) in [6.07, 6.45) is 3.46. The zero-order valence-corrected chi connectivity index (χ0v) is 12.6. The first-order valence-corrected chi connectivity index (χ1v) is 7.41. The van der Waals surface area contributed by atoms with E-state index in [1.54, 1.807) is 6.20 Å². The number of hydrogen-bond acceptors (Lipinski definition) is 3. The highest BCUT2D eigenvalue weighted by Gasteiger charge is 2.14. The molecule has 1 aliphatic heterocycles. The maximum absolute atomic E-state index is 13.4. The van der Waals surface area contributed by atoms with E-state index in [9.17, 15) is 8.78 Å². The Bertz CT molecular complexity index is 632. The minimum Gasteiger partial charge on any atom is -0.304 e. The van der Waals surface area contributed by atoms with E-state index in [0.717, 1.165) is 49.9 Å². The average Bonchev–Trinajstić information content (AvgIpc) is 2.49. The van der Waals surface area contributed by atoms with Crippen molar-refractivity contribution in [1.29, 1.82) is 0 Å². The van der Waals surface area contributed by atoms with Crippen LogP contribution in [0.1, 0.15) is 5.56 Å². The van der Waals surface area contributed by atoms with Gasteiger partial charge in [0.2, 0.25) is 0 Å². The van der Waals surface area contributed by atoms with Gasteiger partial charge in [0.05, 0.1) is 0 Å². The fourth-order valence-electron chi connectivity index (χ4n) is 2.72. The molecule has 0 amide bonds. The van der Waals surface area contributed by atoms with E-state index in [1.165, 1.54) is 12.1 Å². The van der Waals surface area contributed by atoms with E-state index in [4.69, 9.17) is 0 Å². The van der Waals surface area contributed by atoms with Gasteiger partial charge >= 0.3 is 0 Å². The van der Waals surface area contributed by atoms with Crippen LogP contribution in [-0.4, -0.2) is 48.0 Å². The average molecular weight is 303 g/mol. The molecular weight excluding hydrogens is 284 g/mol. The highest BCUT2D eigenvalue weighted by Crippen LogP contribution is 2.22. The number of pyridine rings is 1. The molecule has 0 aliphatic carbocycles. The molecular formula is C17H19F2N3. The first-order valence-electron chi connectivity index (χ1n) is 7.41. The van der Waals surface area contributed by atoms with E-state index in [2.05, 4.69) is 21.8 Å². The molecule has 0 radical (unpaired) electrons. The van der Waals surface area contributed by atoms with Gasteiger partial charge in [-0.05, 0) is 36.4 Å². The Labute approximate surface area is 129 Å². The lowest BCUT2D eigenvalue weighted by Gasteiger charge is -2.32. The number of likely N-dealkylation sites (N-methyl/N-ethyl adjacent to an activating group) is 1. The van der Waals surface area contributed by atoms with Gasteiger partial charge in [-0.15, -0.1) is 0 Å². The van der Waals surface area contributed by atoms with Gasteiger partial charge in [0.15, 0.2) is 0 Å². The quantitative estimate of drug-likeness (QED) is 0.869. The molecule has 1 saturated heterocycles. The van der Waals surface area contributed by atoms with Crippen LogP contribution in [-0.2, 0) is 6.54 Å². The standard InChI is InChI=1S/C17H19F2N3/c1-21-2-4-22(5-3-21)12-13-6-15(11-20-10-13)14-7-16(18)9-17(19)8-14/h6-11H,2-5,12H2,1H3. The monoisotopic (exact) mass is 303 g/mol. The van der Waals surface area contributed by atoms with Crippen LogP contribution in [0.3, 0.4) is 0 Å². The first-order chi connectivity index (χ1) is 10.6. The highest BCUT2D eigenvalue weighted by molar-refractivity contribution is 5.63. The summed E-state index contributed by atoms with van der Waals surface area (Å²) in [4.78, 5) is 8.89. The van der Waals surface area contributed by atoms with Gasteiger partial charge in [0, 0.05) is 56.7 Å². The van der Waals surface area contributed by atoms with Crippen LogP contribution in [0.25, 0.3) is 11.1 Å². The van der Waals surface area contributed by atoms with Gasteiger partial charge in [-0.2, -0.15) is 0 Å². The van der Waals surface area contributed by atoms with Crippen molar-refractivity contribution in [3.63, 3.8) is 0 Å². The maximum Gasteiger partial charge on any atom is 0.126 e. The second kappa shape index (κ2) is 6.50. The third kappa shape index (κ3) is 3.67. The molecule has 0 saturated carbocycles. The van der Waals surface area contributed by atoms with Crippen LogP contribution in [0, 0.1) is 11.6 Å². The van der Waals surface area contributed by atoms with Crippen molar-refractivity contribution in [3.8, 4) is 11.1 Å². The van der Waals surface area contributed by atoms with Crippen molar-refractivity contribution in [2.45, 2.75) is 6.54 Å². The van der Waals surface area contributed by atoms with E-state index in [0.29, 0.717) is 5.56 Å². The van der Waals surface area contributed by atoms with Gasteiger partial charge < -0.3 is 4.90 Å². The van der Waals surface area contributed by atoms with Crippen molar-refractivity contribution in [3.05, 3.63) is 53.9 Å². The molecule has 1 aromatic carbocycles. The van der Waals surface area contributed by atoms with E-state index >= 15 is 0 Å². The Hall–Kier alpha value is -1.85. The van der Waals surface area contributed by atoms with Crippen molar-refractivity contribution in [2.24, 2.45) is 0 Å². The Morgan fingerprint density at radius 2 is 1.59 bits per heavy atom. The molecule has 0 unspecified atom stereocenters. The summed E-state index contributed by atoms with van der Waals surface area (Å²) in [7, 11) is 2.12. The van der Waals surface area contributed by atoms with E-state index in [-0.39, 0.29) is 0 Å². The van der Waals surface area contributed by atoms with Crippen molar-refractivity contribution < 1.29 is 8.78 Å². The van der Waals surface area contributed by atoms with Crippen LogP contribution < -0.4 is 0 Å². The summed E-state index contributed by atoms with van der Waals surface area (Å²) in [5.41, 5.74) is 2.32. The van der Waals surface area contributed by atoms with E-state index < -0.39 is 11.6 Å². The molecule has 2 aromatic rings. The SMILES string of the molecule is CN1CCN(Cc2cncc(-c3cc(F)cc(F)c3)c2)CC1. The lowest BCUT2D eigenvalue weighted by Crippen LogP contribution is -2.43. The summed E-state index contributed by atoms with van der Waals surface area (Å²) < 4.78 is 26.7. The van der Waals surface area contributed by atoms with Gasteiger partial charge in [-0.3, -0.25) is 9.88 Å². The molecule has 5 heteroatoms. The molecule has 0 atom stereocenters. The lowest BCUT2D eigenvalue weighted by atomic mass is 10.1. The molecule has 0 spiro atoms. The molecule has 22 heavy (non-hydrogen) atoms. The van der Waals surface area contributed by atoms with Crippen molar-refractivity contribution >= 4 is 0 Å². The third-order valence-electron chi connectivity index (χ3n) is 3.99. The molecule has 1 aliphatic rings.